The minimum Gasteiger partial charge on any atom is -0.807 e. The molecule has 2 aromatic rings. The number of carbonyl (C=O) groups is 1. The van der Waals surface area contributed by atoms with Gasteiger partial charge in [-0.3, -0.25) is 4.90 Å². The molecule has 2 aromatic carbocycles. The molecule has 1 N–H and O–H groups in total. The molecule has 2 aliphatic heterocycles. The van der Waals surface area contributed by atoms with Gasteiger partial charge in [0.2, 0.25) is 0 Å². The Bertz CT molecular complexity index is 1150. The molecule has 0 amide bonds. The van der Waals surface area contributed by atoms with E-state index in [2.05, 4.69) is 9.80 Å². The zero-order valence-corrected chi connectivity index (χ0v) is 32.9. The first-order valence-corrected chi connectivity index (χ1v) is 13.8. The van der Waals surface area contributed by atoms with Gasteiger partial charge in [-0.05, 0) is 50.9 Å². The van der Waals surface area contributed by atoms with E-state index in [9.17, 15) is 13.2 Å². The summed E-state index contributed by atoms with van der Waals surface area (Å²) in [7, 11) is -5.43. The fourth-order valence-electron chi connectivity index (χ4n) is 4.08. The number of anilines is 2. The molecule has 2 heterocycles. The Kier molecular flexibility index (Phi) is 25.2. The number of halogens is 5. The summed E-state index contributed by atoms with van der Waals surface area (Å²) >= 11 is 1.53. The summed E-state index contributed by atoms with van der Waals surface area (Å²) in [6.07, 6.45) is -3.48. The summed E-state index contributed by atoms with van der Waals surface area (Å²) in [5.74, 6) is 0. The predicted molar refractivity (Wildman–Crippen MR) is 141 cm³/mol. The largest absolute Gasteiger partial charge is 1.00 e. The third-order valence-electron chi connectivity index (χ3n) is 5.91. The molecule has 2 aliphatic rings. The molecule has 9 nitrogen and oxygen atoms in total. The summed E-state index contributed by atoms with van der Waals surface area (Å²) in [4.78, 5) is 35.9. The van der Waals surface area contributed by atoms with Gasteiger partial charge in [-0.1, -0.05) is 23.9 Å². The second kappa shape index (κ2) is 22.1. The zero-order valence-electron chi connectivity index (χ0n) is 23.5. The van der Waals surface area contributed by atoms with Gasteiger partial charge in [0.15, 0.2) is 0 Å². The van der Waals surface area contributed by atoms with E-state index in [1.165, 1.54) is 23.9 Å². The topological polar surface area (TPSA) is 133 Å². The standard InChI is InChI=1S/C22H26F3N3OS.CH3O5P.2ClH.3Na/c23-22(24,25)17-6-7-21-19(16-17)28(18-4-1-2-5-20(18)30-21)9-3-8-26-10-12-27(13-11-26)14-15-29;2-1(3)7(4,5)6;;;;;/h1-2,4-7,16,29H,3,8-15H2;(H,2,3)(H2,4,5,6);2*1H;;;/q;;;;3*+1/p-3. The van der Waals surface area contributed by atoms with Gasteiger partial charge < -0.3 is 39.2 Å². The quantitative estimate of drug-likeness (QED) is 0.220. The van der Waals surface area contributed by atoms with Crippen molar-refractivity contribution in [1.29, 1.82) is 0 Å². The van der Waals surface area contributed by atoms with Gasteiger partial charge in [0.05, 0.1) is 29.3 Å². The van der Waals surface area contributed by atoms with Crippen molar-refractivity contribution in [3.63, 3.8) is 0 Å². The molecule has 0 radical (unpaired) electrons. The van der Waals surface area contributed by atoms with Crippen LogP contribution in [-0.2, 0) is 10.7 Å². The number of alkyl halides is 3. The van der Waals surface area contributed by atoms with Crippen molar-refractivity contribution in [2.75, 3.05) is 57.3 Å². The summed E-state index contributed by atoms with van der Waals surface area (Å²) in [6.45, 7) is 6.29. The van der Waals surface area contributed by atoms with Crippen LogP contribution in [0.15, 0.2) is 52.3 Å². The fourth-order valence-corrected chi connectivity index (χ4v) is 5.15. The molecule has 1 fully saturated rings. The van der Waals surface area contributed by atoms with Gasteiger partial charge in [-0.15, -0.1) is 24.8 Å². The van der Waals surface area contributed by atoms with Gasteiger partial charge in [0, 0.05) is 49.1 Å². The van der Waals surface area contributed by atoms with Crippen molar-refractivity contribution in [1.82, 2.24) is 9.80 Å². The molecule has 0 unspecified atom stereocenters. The van der Waals surface area contributed by atoms with Crippen molar-refractivity contribution < 1.29 is 131 Å². The van der Waals surface area contributed by atoms with Gasteiger partial charge in [0.25, 0.3) is 0 Å². The first kappa shape index (κ1) is 47.9. The molecule has 0 aromatic heterocycles. The number of aliphatic hydroxyl groups excluding tert-OH is 1. The number of piperazine rings is 1. The average Bonchev–Trinajstić information content (AvgIpc) is 2.84. The third-order valence-corrected chi connectivity index (χ3v) is 7.49. The van der Waals surface area contributed by atoms with Crippen LogP contribution in [0.1, 0.15) is 12.0 Å². The minimum absolute atomic E-state index is 0. The van der Waals surface area contributed by atoms with E-state index in [0.29, 0.717) is 18.8 Å². The average molecular weight is 702 g/mol. The Labute approximate surface area is 326 Å². The molecule has 1 saturated heterocycles. The Hall–Kier alpha value is 1.46. The Morgan fingerprint density at radius 2 is 1.38 bits per heavy atom. The van der Waals surface area contributed by atoms with E-state index in [1.807, 2.05) is 29.2 Å². The number of nitrogens with zero attached hydrogens (tertiary/aromatic N) is 3. The maximum atomic E-state index is 13.3. The van der Waals surface area contributed by atoms with Crippen LogP contribution in [0, 0.1) is 0 Å². The molecule has 0 atom stereocenters. The zero-order chi connectivity index (χ0) is 27.2. The molecule has 0 spiro atoms. The van der Waals surface area contributed by atoms with Crippen molar-refractivity contribution >= 4 is 61.3 Å². The number of carbonyl (C=O) groups excluding carboxylic acids is 1. The second-order valence-corrected chi connectivity index (χ2v) is 10.9. The SMILES string of the molecule is Cl.Cl.O=C([O-])P(=O)([O-])[O-].OCCN1CCN(CCCN2c3ccccc3Sc3ccc(C(F)(F)F)cc32)CC1.[Na+].[Na+].[Na+]. The van der Waals surface area contributed by atoms with Crippen LogP contribution in [0.4, 0.5) is 29.3 Å². The van der Waals surface area contributed by atoms with Crippen LogP contribution in [-0.4, -0.2) is 73.0 Å². The first-order valence-electron chi connectivity index (χ1n) is 11.4. The number of β-amino-alcohol motifs (C(OH)–C–C–N with tert-alkyl or cyclic N) is 1. The normalized spacial score (nSPS) is 14.5. The monoisotopic (exact) mass is 701 g/mol. The number of fused-ring (bicyclic) bond motifs is 2. The summed E-state index contributed by atoms with van der Waals surface area (Å²) < 4.78 is 49.1. The van der Waals surface area contributed by atoms with Gasteiger partial charge in [-0.2, -0.15) is 13.2 Å². The second-order valence-electron chi connectivity index (χ2n) is 8.43. The summed E-state index contributed by atoms with van der Waals surface area (Å²) in [6, 6.07) is 11.9. The molecule has 0 saturated carbocycles. The number of benzene rings is 2. The van der Waals surface area contributed by atoms with E-state index in [0.717, 1.165) is 54.6 Å². The maximum absolute atomic E-state index is 13.3. The Morgan fingerprint density at radius 3 is 1.88 bits per heavy atom. The number of hydrogen-bond acceptors (Lipinski definition) is 10. The molecule has 220 valence electrons. The Balaban J connectivity index is -0.00000114. The van der Waals surface area contributed by atoms with Gasteiger partial charge in [0.1, 0.15) is 0 Å². The Morgan fingerprint density at radius 1 is 0.881 bits per heavy atom. The molecule has 19 heteroatoms. The minimum atomic E-state index is -5.43. The van der Waals surface area contributed by atoms with Crippen LogP contribution in [0.5, 0.6) is 0 Å². The number of hydrogen-bond donors (Lipinski definition) is 1. The number of aliphatic hydroxyl groups is 1. The molecular weight excluding hydrogens is 674 g/mol. The molecule has 4 rings (SSSR count). The van der Waals surface area contributed by atoms with E-state index in [1.54, 1.807) is 6.07 Å². The fraction of sp³-hybridized carbons (Fsp3) is 0.435. The summed E-state index contributed by atoms with van der Waals surface area (Å²) in [5, 5.41) is 18.1. The van der Waals surface area contributed by atoms with E-state index >= 15 is 0 Å². The third kappa shape index (κ3) is 14.5. The van der Waals surface area contributed by atoms with Crippen LogP contribution in [0.2, 0.25) is 0 Å². The molecule has 0 aliphatic carbocycles. The number of para-hydroxylation sites is 1. The first-order chi connectivity index (χ1) is 17.4. The number of rotatable bonds is 7. The number of carboxylic acid groups (broad SMARTS) is 1. The van der Waals surface area contributed by atoms with E-state index in [-0.39, 0.29) is 120 Å². The van der Waals surface area contributed by atoms with Crippen LogP contribution >= 0.6 is 44.2 Å². The van der Waals surface area contributed by atoms with Gasteiger partial charge in [-0.25, -0.2) is 0 Å². The van der Waals surface area contributed by atoms with Crippen molar-refractivity contribution in [2.45, 2.75) is 22.4 Å². The van der Waals surface area contributed by atoms with Crippen LogP contribution in [0.3, 0.4) is 0 Å². The van der Waals surface area contributed by atoms with Crippen molar-refractivity contribution in [3.05, 3.63) is 48.0 Å². The predicted octanol–water partition coefficient (Wildman–Crippen LogP) is -6.59. The molecule has 42 heavy (non-hydrogen) atoms. The van der Waals surface area contributed by atoms with Crippen molar-refractivity contribution in [3.8, 4) is 0 Å². The van der Waals surface area contributed by atoms with E-state index in [4.69, 9.17) is 29.4 Å². The van der Waals surface area contributed by atoms with Crippen molar-refractivity contribution in [2.24, 2.45) is 0 Å². The smallest absolute Gasteiger partial charge is 0.807 e. The van der Waals surface area contributed by atoms with E-state index < -0.39 is 25.0 Å². The maximum Gasteiger partial charge on any atom is 1.00 e. The molecule has 0 bridgehead atoms. The summed E-state index contributed by atoms with van der Waals surface area (Å²) in [5.41, 5.74) is -1.55. The van der Waals surface area contributed by atoms with Gasteiger partial charge >= 0.3 is 94.8 Å². The van der Waals surface area contributed by atoms with Crippen LogP contribution < -0.4 is 108 Å². The van der Waals surface area contributed by atoms with Crippen LogP contribution in [0.25, 0.3) is 0 Å². The molecular formula is C23H28Cl2F3N3Na3O6PS.